The quantitative estimate of drug-likeness (QED) is 0.810. The van der Waals surface area contributed by atoms with Crippen LogP contribution in [-0.4, -0.2) is 16.9 Å². The molecule has 2 N–H and O–H groups in total. The lowest BCUT2D eigenvalue weighted by Gasteiger charge is -2.05. The maximum Gasteiger partial charge on any atom is 0.240 e. The summed E-state index contributed by atoms with van der Waals surface area (Å²) in [7, 11) is 3.52. The lowest BCUT2D eigenvalue weighted by Crippen LogP contribution is -2.04. The van der Waals surface area contributed by atoms with E-state index in [1.165, 1.54) is 0 Å². The summed E-state index contributed by atoms with van der Waals surface area (Å²) in [6.07, 6.45) is 0. The van der Waals surface area contributed by atoms with Gasteiger partial charge in [-0.2, -0.15) is 0 Å². The highest BCUT2D eigenvalue weighted by atomic mass is 16.5. The molecule has 80 valence electrons. The van der Waals surface area contributed by atoms with Crippen LogP contribution in [0.15, 0.2) is 18.2 Å². The zero-order valence-corrected chi connectivity index (χ0v) is 9.19. The maximum absolute atomic E-state index is 5.84. The van der Waals surface area contributed by atoms with Gasteiger partial charge in [0.15, 0.2) is 0 Å². The summed E-state index contributed by atoms with van der Waals surface area (Å²) in [4.78, 5) is 0. The Hall–Kier alpha value is -1.55. The van der Waals surface area contributed by atoms with Crippen molar-refractivity contribution in [2.24, 2.45) is 12.8 Å². The van der Waals surface area contributed by atoms with Gasteiger partial charge in [-0.3, -0.25) is 4.68 Å². The number of fused-ring (bicyclic) bond motifs is 1. The van der Waals surface area contributed by atoms with E-state index >= 15 is 0 Å². The van der Waals surface area contributed by atoms with Crippen LogP contribution in [0.25, 0.3) is 10.9 Å². The van der Waals surface area contributed by atoms with Crippen LogP contribution in [0, 0.1) is 0 Å². The Labute approximate surface area is 88.6 Å². The van der Waals surface area contributed by atoms with Gasteiger partial charge in [0, 0.05) is 13.1 Å². The smallest absolute Gasteiger partial charge is 0.240 e. The van der Waals surface area contributed by atoms with Crippen molar-refractivity contribution >= 4 is 10.9 Å². The van der Waals surface area contributed by atoms with E-state index in [1.54, 1.807) is 11.8 Å². The third-order valence-corrected chi connectivity index (χ3v) is 2.56. The molecule has 0 radical (unpaired) electrons. The number of ether oxygens (including phenoxy) is 1. The second kappa shape index (κ2) is 3.55. The van der Waals surface area contributed by atoms with Crippen LogP contribution >= 0.6 is 0 Å². The molecule has 15 heavy (non-hydrogen) atoms. The van der Waals surface area contributed by atoms with E-state index < -0.39 is 0 Å². The maximum atomic E-state index is 5.84. The second-order valence-electron chi connectivity index (χ2n) is 3.70. The first kappa shape index (κ1) is 9.98. The highest BCUT2D eigenvalue weighted by Gasteiger charge is 2.10. The average molecular weight is 205 g/mol. The van der Waals surface area contributed by atoms with E-state index in [-0.39, 0.29) is 6.04 Å². The number of methoxy groups -OCH3 is 1. The van der Waals surface area contributed by atoms with Gasteiger partial charge in [-0.05, 0) is 24.6 Å². The number of nitrogens with zero attached hydrogens (tertiary/aromatic N) is 2. The minimum Gasteiger partial charge on any atom is -0.479 e. The van der Waals surface area contributed by atoms with Gasteiger partial charge in [-0.25, -0.2) is 0 Å². The predicted octanol–water partition coefficient (Wildman–Crippen LogP) is 1.60. The molecule has 2 aromatic rings. The van der Waals surface area contributed by atoms with Gasteiger partial charge in [0.25, 0.3) is 0 Å². The van der Waals surface area contributed by atoms with Gasteiger partial charge in [0.2, 0.25) is 5.88 Å². The van der Waals surface area contributed by atoms with Crippen LogP contribution < -0.4 is 10.5 Å². The lowest BCUT2D eigenvalue weighted by atomic mass is 10.1. The summed E-state index contributed by atoms with van der Waals surface area (Å²) in [5, 5.41) is 5.27. The second-order valence-corrected chi connectivity index (χ2v) is 3.70. The Morgan fingerprint density at radius 3 is 2.80 bits per heavy atom. The summed E-state index contributed by atoms with van der Waals surface area (Å²) in [6.45, 7) is 1.96. The molecule has 0 amide bonds. The van der Waals surface area contributed by atoms with Crippen LogP contribution in [0.5, 0.6) is 5.88 Å². The predicted molar refractivity (Wildman–Crippen MR) is 59.9 cm³/mol. The SMILES string of the molecule is COc1nn(C)c2ccc([C@H](C)N)cc12. The van der Waals surface area contributed by atoms with Gasteiger partial charge in [0.1, 0.15) is 0 Å². The van der Waals surface area contributed by atoms with Crippen molar-refractivity contribution in [3.05, 3.63) is 23.8 Å². The van der Waals surface area contributed by atoms with E-state index in [0.717, 1.165) is 16.5 Å². The molecular formula is C11H15N3O. The topological polar surface area (TPSA) is 53.1 Å². The summed E-state index contributed by atoms with van der Waals surface area (Å²) in [5.41, 5.74) is 7.98. The summed E-state index contributed by atoms with van der Waals surface area (Å²) >= 11 is 0. The Kier molecular flexibility index (Phi) is 2.36. The number of rotatable bonds is 2. The molecule has 1 atom stereocenters. The molecule has 0 bridgehead atoms. The van der Waals surface area contributed by atoms with Crippen LogP contribution in [0.4, 0.5) is 0 Å². The van der Waals surface area contributed by atoms with E-state index in [0.29, 0.717) is 5.88 Å². The Bertz CT molecular complexity index is 488. The number of aryl methyl sites for hydroxylation is 1. The number of benzene rings is 1. The third kappa shape index (κ3) is 1.57. The Morgan fingerprint density at radius 2 is 2.20 bits per heavy atom. The summed E-state index contributed by atoms with van der Waals surface area (Å²) in [6, 6.07) is 6.10. The average Bonchev–Trinajstić information content (AvgIpc) is 2.55. The standard InChI is InChI=1S/C11H15N3O/c1-7(12)8-4-5-10-9(6-8)11(15-3)13-14(10)2/h4-7H,12H2,1-3H3/t7-/m0/s1. The number of hydrogen-bond acceptors (Lipinski definition) is 3. The molecule has 2 rings (SSSR count). The molecule has 0 spiro atoms. The molecule has 4 nitrogen and oxygen atoms in total. The minimum absolute atomic E-state index is 0.0271. The summed E-state index contributed by atoms with van der Waals surface area (Å²) < 4.78 is 7.01. The highest BCUT2D eigenvalue weighted by Crippen LogP contribution is 2.26. The Balaban J connectivity index is 2.68. The van der Waals surface area contributed by atoms with Crippen molar-refractivity contribution in [1.82, 2.24) is 9.78 Å². The van der Waals surface area contributed by atoms with Crippen molar-refractivity contribution < 1.29 is 4.74 Å². The van der Waals surface area contributed by atoms with Gasteiger partial charge < -0.3 is 10.5 Å². The fourth-order valence-electron chi connectivity index (χ4n) is 1.69. The number of hydrogen-bond donors (Lipinski definition) is 1. The molecule has 1 aromatic carbocycles. The molecule has 1 heterocycles. The third-order valence-electron chi connectivity index (χ3n) is 2.56. The summed E-state index contributed by atoms with van der Waals surface area (Å²) in [5.74, 6) is 0.648. The van der Waals surface area contributed by atoms with Gasteiger partial charge >= 0.3 is 0 Å². The van der Waals surface area contributed by atoms with Crippen LogP contribution in [0.1, 0.15) is 18.5 Å². The molecule has 1 aromatic heterocycles. The molecule has 0 aliphatic heterocycles. The van der Waals surface area contributed by atoms with E-state index in [1.807, 2.05) is 32.2 Å². The van der Waals surface area contributed by atoms with Crippen molar-refractivity contribution in [2.75, 3.05) is 7.11 Å². The van der Waals surface area contributed by atoms with E-state index in [2.05, 4.69) is 5.10 Å². The lowest BCUT2D eigenvalue weighted by molar-refractivity contribution is 0.396. The van der Waals surface area contributed by atoms with Crippen molar-refractivity contribution in [2.45, 2.75) is 13.0 Å². The molecule has 0 fully saturated rings. The molecule has 0 unspecified atom stereocenters. The molecule has 0 aliphatic rings. The fraction of sp³-hybridized carbons (Fsp3) is 0.364. The minimum atomic E-state index is 0.0271. The van der Waals surface area contributed by atoms with E-state index in [9.17, 15) is 0 Å². The van der Waals surface area contributed by atoms with E-state index in [4.69, 9.17) is 10.5 Å². The molecule has 0 saturated carbocycles. The molecular weight excluding hydrogens is 190 g/mol. The van der Waals surface area contributed by atoms with Gasteiger partial charge in [-0.1, -0.05) is 6.07 Å². The first-order valence-corrected chi connectivity index (χ1v) is 4.89. The largest absolute Gasteiger partial charge is 0.479 e. The van der Waals surface area contributed by atoms with Crippen LogP contribution in [0.2, 0.25) is 0 Å². The first-order chi connectivity index (χ1) is 7.13. The van der Waals surface area contributed by atoms with Gasteiger partial charge in [0.05, 0.1) is 18.0 Å². The monoisotopic (exact) mass is 205 g/mol. The first-order valence-electron chi connectivity index (χ1n) is 4.89. The highest BCUT2D eigenvalue weighted by molar-refractivity contribution is 5.85. The number of aromatic nitrogens is 2. The van der Waals surface area contributed by atoms with Crippen LogP contribution in [0.3, 0.4) is 0 Å². The molecule has 0 saturated heterocycles. The van der Waals surface area contributed by atoms with Crippen molar-refractivity contribution in [3.8, 4) is 5.88 Å². The number of nitrogens with two attached hydrogens (primary N) is 1. The zero-order valence-electron chi connectivity index (χ0n) is 9.19. The molecule has 0 aliphatic carbocycles. The van der Waals surface area contributed by atoms with Crippen molar-refractivity contribution in [3.63, 3.8) is 0 Å². The molecule has 4 heteroatoms. The fourth-order valence-corrected chi connectivity index (χ4v) is 1.69. The van der Waals surface area contributed by atoms with Crippen molar-refractivity contribution in [1.29, 1.82) is 0 Å². The normalized spacial score (nSPS) is 13.1. The van der Waals surface area contributed by atoms with Gasteiger partial charge in [-0.15, -0.1) is 5.10 Å². The Morgan fingerprint density at radius 1 is 1.47 bits per heavy atom. The van der Waals surface area contributed by atoms with Crippen LogP contribution in [-0.2, 0) is 7.05 Å². The zero-order chi connectivity index (χ0) is 11.0.